The Morgan fingerprint density at radius 3 is 2.69 bits per heavy atom. The van der Waals surface area contributed by atoms with E-state index in [1.807, 2.05) is 12.1 Å². The number of nitrogens with one attached hydrogen (secondary N) is 1. The van der Waals surface area contributed by atoms with E-state index in [4.69, 9.17) is 21.1 Å². The molecule has 5 rings (SSSR count). The van der Waals surface area contributed by atoms with Crippen molar-refractivity contribution in [3.05, 3.63) is 57.7 Å². The maximum absolute atomic E-state index is 12.4. The third-order valence-corrected chi connectivity index (χ3v) is 6.29. The quantitative estimate of drug-likeness (QED) is 0.572. The molecule has 9 heteroatoms. The molecule has 2 aliphatic rings. The molecule has 0 spiro atoms. The molecule has 1 saturated heterocycles. The maximum atomic E-state index is 12.4. The Morgan fingerprint density at radius 2 is 1.84 bits per heavy atom. The second-order valence-electron chi connectivity index (χ2n) is 8.19. The van der Waals surface area contributed by atoms with Gasteiger partial charge in [0, 0.05) is 43.2 Å². The third kappa shape index (κ3) is 4.72. The molecule has 32 heavy (non-hydrogen) atoms. The lowest BCUT2D eigenvalue weighted by Gasteiger charge is -2.32. The van der Waals surface area contributed by atoms with Crippen molar-refractivity contribution < 1.29 is 9.47 Å². The second-order valence-corrected chi connectivity index (χ2v) is 8.57. The van der Waals surface area contributed by atoms with Crippen molar-refractivity contribution in [1.82, 2.24) is 24.8 Å². The first kappa shape index (κ1) is 21.2. The number of rotatable bonds is 6. The average Bonchev–Trinajstić information content (AvgIpc) is 2.82. The number of halogens is 1. The summed E-state index contributed by atoms with van der Waals surface area (Å²) in [6.45, 7) is 5.24. The van der Waals surface area contributed by atoms with Crippen LogP contribution in [0.1, 0.15) is 18.5 Å². The van der Waals surface area contributed by atoms with Gasteiger partial charge in [0.15, 0.2) is 11.5 Å². The lowest BCUT2D eigenvalue weighted by Crippen LogP contribution is -2.43. The van der Waals surface area contributed by atoms with Crippen molar-refractivity contribution in [1.29, 1.82) is 0 Å². The minimum absolute atomic E-state index is 0.0456. The van der Waals surface area contributed by atoms with Crippen LogP contribution in [0.3, 0.4) is 0 Å². The van der Waals surface area contributed by atoms with Crippen molar-refractivity contribution >= 4 is 22.6 Å². The Hall–Kier alpha value is -2.68. The minimum Gasteiger partial charge on any atom is -0.486 e. The summed E-state index contributed by atoms with van der Waals surface area (Å²) in [7, 11) is 0. The number of piperidine rings is 1. The predicted molar refractivity (Wildman–Crippen MR) is 123 cm³/mol. The van der Waals surface area contributed by atoms with Gasteiger partial charge < -0.3 is 19.7 Å². The number of pyridine rings is 3. The highest BCUT2D eigenvalue weighted by Crippen LogP contribution is 2.29. The highest BCUT2D eigenvalue weighted by molar-refractivity contribution is 6.29. The summed E-state index contributed by atoms with van der Waals surface area (Å²) in [5.74, 6) is 1.49. The summed E-state index contributed by atoms with van der Waals surface area (Å²) in [4.78, 5) is 23.6. The Morgan fingerprint density at radius 1 is 1.06 bits per heavy atom. The molecule has 3 aromatic heterocycles. The van der Waals surface area contributed by atoms with Crippen LogP contribution in [0.2, 0.25) is 5.15 Å². The zero-order valence-electron chi connectivity index (χ0n) is 17.8. The molecule has 0 aromatic carbocycles. The molecule has 168 valence electrons. The highest BCUT2D eigenvalue weighted by atomic mass is 35.5. The van der Waals surface area contributed by atoms with Crippen molar-refractivity contribution in [2.75, 3.05) is 32.8 Å². The number of nitrogens with zero attached hydrogens (tertiary/aromatic N) is 4. The molecule has 3 aromatic rings. The average molecular weight is 456 g/mol. The Bertz CT molecular complexity index is 1160. The summed E-state index contributed by atoms with van der Waals surface area (Å²) in [6.07, 6.45) is 3.85. The van der Waals surface area contributed by atoms with Gasteiger partial charge in [-0.25, -0.2) is 4.98 Å². The van der Waals surface area contributed by atoms with E-state index in [2.05, 4.69) is 20.2 Å². The largest absolute Gasteiger partial charge is 0.486 e. The number of fused-ring (bicyclic) bond motifs is 2. The molecule has 0 radical (unpaired) electrons. The van der Waals surface area contributed by atoms with Gasteiger partial charge in [0.05, 0.1) is 11.9 Å². The maximum Gasteiger partial charge on any atom is 0.252 e. The van der Waals surface area contributed by atoms with Gasteiger partial charge in [-0.2, -0.15) is 0 Å². The topological polar surface area (TPSA) is 81.5 Å². The van der Waals surface area contributed by atoms with Crippen LogP contribution < -0.4 is 20.3 Å². The number of likely N-dealkylation sites (tertiary alicyclic amines) is 1. The Kier molecular flexibility index (Phi) is 6.25. The zero-order chi connectivity index (χ0) is 21.9. The van der Waals surface area contributed by atoms with Crippen molar-refractivity contribution in [3.8, 4) is 11.5 Å². The summed E-state index contributed by atoms with van der Waals surface area (Å²) < 4.78 is 12.9. The van der Waals surface area contributed by atoms with Crippen LogP contribution >= 0.6 is 11.6 Å². The lowest BCUT2D eigenvalue weighted by molar-refractivity contribution is 0.170. The standard InChI is InChI=1S/C23H26ClN5O3/c24-21-3-1-16-2-4-22(30)29(23(16)27-21)10-9-28-7-5-17(6-8-28)25-14-18-13-19-20(15-26-18)32-12-11-31-19/h1-4,13,15,17,25H,5-12,14H2. The fourth-order valence-corrected chi connectivity index (χ4v) is 4.43. The molecule has 8 nitrogen and oxygen atoms in total. The van der Waals surface area contributed by atoms with Crippen LogP contribution in [0.5, 0.6) is 11.5 Å². The molecule has 2 aliphatic heterocycles. The Balaban J connectivity index is 1.13. The molecule has 0 bridgehead atoms. The van der Waals surface area contributed by atoms with E-state index in [-0.39, 0.29) is 5.56 Å². The normalized spacial score (nSPS) is 17.0. The lowest BCUT2D eigenvalue weighted by atomic mass is 10.0. The van der Waals surface area contributed by atoms with E-state index < -0.39 is 0 Å². The van der Waals surface area contributed by atoms with E-state index in [0.29, 0.717) is 43.1 Å². The van der Waals surface area contributed by atoms with Gasteiger partial charge in [-0.1, -0.05) is 11.6 Å². The molecule has 0 atom stereocenters. The second kappa shape index (κ2) is 9.44. The minimum atomic E-state index is -0.0456. The van der Waals surface area contributed by atoms with E-state index in [1.165, 1.54) is 0 Å². The van der Waals surface area contributed by atoms with Crippen LogP contribution in [0.25, 0.3) is 11.0 Å². The van der Waals surface area contributed by atoms with E-state index in [9.17, 15) is 4.79 Å². The van der Waals surface area contributed by atoms with Gasteiger partial charge in [0.2, 0.25) is 0 Å². The molecule has 1 fully saturated rings. The van der Waals surface area contributed by atoms with E-state index in [0.717, 1.165) is 55.1 Å². The van der Waals surface area contributed by atoms with Crippen LogP contribution in [0.15, 0.2) is 41.3 Å². The van der Waals surface area contributed by atoms with Gasteiger partial charge in [-0.15, -0.1) is 0 Å². The van der Waals surface area contributed by atoms with Crippen molar-refractivity contribution in [2.24, 2.45) is 0 Å². The summed E-state index contributed by atoms with van der Waals surface area (Å²) in [5.41, 5.74) is 1.56. The van der Waals surface area contributed by atoms with E-state index >= 15 is 0 Å². The zero-order valence-corrected chi connectivity index (χ0v) is 18.6. The first-order valence-corrected chi connectivity index (χ1v) is 11.4. The van der Waals surface area contributed by atoms with Crippen LogP contribution in [-0.2, 0) is 13.1 Å². The first-order valence-electron chi connectivity index (χ1n) is 11.0. The molecular formula is C23H26ClN5O3. The molecule has 0 unspecified atom stereocenters. The summed E-state index contributed by atoms with van der Waals surface area (Å²) in [5, 5.41) is 4.93. The Labute approximate surface area is 191 Å². The van der Waals surface area contributed by atoms with Crippen LogP contribution in [0, 0.1) is 0 Å². The predicted octanol–water partition coefficient (Wildman–Crippen LogP) is 2.47. The number of hydrogen-bond donors (Lipinski definition) is 1. The molecule has 0 aliphatic carbocycles. The van der Waals surface area contributed by atoms with Gasteiger partial charge >= 0.3 is 0 Å². The number of aromatic nitrogens is 3. The SMILES string of the molecule is O=c1ccc2ccc(Cl)nc2n1CCN1CCC(NCc2cc3c(cn2)OCCO3)CC1. The molecule has 1 N–H and O–H groups in total. The smallest absolute Gasteiger partial charge is 0.252 e. The number of ether oxygens (including phenoxy) is 2. The van der Waals surface area contributed by atoms with Crippen molar-refractivity contribution in [2.45, 2.75) is 32.0 Å². The fourth-order valence-electron chi connectivity index (χ4n) is 4.29. The van der Waals surface area contributed by atoms with Gasteiger partial charge in [-0.3, -0.25) is 14.3 Å². The number of hydrogen-bond acceptors (Lipinski definition) is 7. The summed E-state index contributed by atoms with van der Waals surface area (Å²) in [6, 6.07) is 9.44. The van der Waals surface area contributed by atoms with Crippen molar-refractivity contribution in [3.63, 3.8) is 0 Å². The van der Waals surface area contributed by atoms with Gasteiger partial charge in [0.25, 0.3) is 5.56 Å². The third-order valence-electron chi connectivity index (χ3n) is 6.08. The fraction of sp³-hybridized carbons (Fsp3) is 0.435. The van der Waals surface area contributed by atoms with Gasteiger partial charge in [0.1, 0.15) is 24.0 Å². The molecule has 0 saturated carbocycles. The van der Waals surface area contributed by atoms with Crippen LogP contribution in [-0.4, -0.2) is 58.3 Å². The first-order chi connectivity index (χ1) is 15.7. The highest BCUT2D eigenvalue weighted by Gasteiger charge is 2.20. The molecular weight excluding hydrogens is 430 g/mol. The van der Waals surface area contributed by atoms with Gasteiger partial charge in [-0.05, 0) is 44.1 Å². The van der Waals surface area contributed by atoms with Crippen LogP contribution in [0.4, 0.5) is 0 Å². The van der Waals surface area contributed by atoms with E-state index in [1.54, 1.807) is 29.0 Å². The summed E-state index contributed by atoms with van der Waals surface area (Å²) >= 11 is 6.06. The molecule has 0 amide bonds. The molecule has 5 heterocycles. The monoisotopic (exact) mass is 455 g/mol.